The molecular weight excluding hydrogens is 224 g/mol. The molecule has 1 heterocycles. The zero-order valence-electron chi connectivity index (χ0n) is 8.53. The van der Waals surface area contributed by atoms with Crippen LogP contribution in [-0.2, 0) is 13.8 Å². The number of nitrogens with one attached hydrogen (secondary N) is 1. The highest BCUT2D eigenvalue weighted by molar-refractivity contribution is 7.51. The van der Waals surface area contributed by atoms with Crippen LogP contribution in [0.3, 0.4) is 0 Å². The number of hydrogen-bond acceptors (Lipinski definition) is 6. The zero-order chi connectivity index (χ0) is 11.6. The summed E-state index contributed by atoms with van der Waals surface area (Å²) in [5, 5.41) is 21.1. The molecule has 5 atom stereocenters. The molecule has 0 spiro atoms. The first-order valence-corrected chi connectivity index (χ1v) is 6.54. The van der Waals surface area contributed by atoms with Gasteiger partial charge < -0.3 is 24.4 Å². The van der Waals surface area contributed by atoms with Gasteiger partial charge in [0.25, 0.3) is 0 Å². The summed E-state index contributed by atoms with van der Waals surface area (Å²) in [6, 6.07) is -0.517. The fourth-order valence-corrected chi connectivity index (χ4v) is 1.61. The molecule has 0 aromatic carbocycles. The molecule has 1 aliphatic rings. The number of ether oxygens (including phenoxy) is 1. The lowest BCUT2D eigenvalue weighted by Crippen LogP contribution is -2.60. The van der Waals surface area contributed by atoms with Gasteiger partial charge in [-0.2, -0.15) is 0 Å². The molecule has 0 aromatic rings. The second-order valence-corrected chi connectivity index (χ2v) is 5.40. The van der Waals surface area contributed by atoms with Gasteiger partial charge in [0.1, 0.15) is 26.4 Å². The summed E-state index contributed by atoms with van der Waals surface area (Å²) in [5.74, 6) is 0. The van der Waals surface area contributed by atoms with Crippen molar-refractivity contribution in [1.82, 2.24) is 5.32 Å². The lowest BCUT2D eigenvalue weighted by Gasteiger charge is -2.36. The molecule has 0 saturated carbocycles. The Morgan fingerprint density at radius 1 is 1.53 bits per heavy atom. The van der Waals surface area contributed by atoms with E-state index in [-0.39, 0.29) is 6.61 Å². The van der Waals surface area contributed by atoms with Gasteiger partial charge in [-0.25, -0.2) is 0 Å². The number of morpholine rings is 1. The van der Waals surface area contributed by atoms with E-state index in [2.05, 4.69) is 9.84 Å². The Bertz CT molecular complexity index is 260. The molecule has 0 aromatic heterocycles. The maximum atomic E-state index is 10.8. The van der Waals surface area contributed by atoms with Gasteiger partial charge in [-0.05, 0) is 0 Å². The molecule has 0 bridgehead atoms. The molecular formula is C6H15BNO6P. The Kier molecular flexibility index (Phi) is 4.31. The van der Waals surface area contributed by atoms with E-state index in [0.717, 1.165) is 6.66 Å². The summed E-state index contributed by atoms with van der Waals surface area (Å²) in [4.78, 5) is 8.88. The SMILES string of the molecule is BC1OC(COP(C)(=O)O)C(O)NC1O. The summed E-state index contributed by atoms with van der Waals surface area (Å²) in [6.45, 7) is 0.837. The molecule has 4 N–H and O–H groups in total. The first-order valence-electron chi connectivity index (χ1n) is 4.52. The number of aliphatic hydroxyl groups is 2. The van der Waals surface area contributed by atoms with E-state index < -0.39 is 32.2 Å². The van der Waals surface area contributed by atoms with Gasteiger partial charge in [0.05, 0.1) is 12.6 Å². The quantitative estimate of drug-likeness (QED) is 0.316. The van der Waals surface area contributed by atoms with Crippen LogP contribution in [0.4, 0.5) is 0 Å². The number of aliphatic hydroxyl groups excluding tert-OH is 2. The minimum atomic E-state index is -3.58. The van der Waals surface area contributed by atoms with Crippen molar-refractivity contribution in [2.75, 3.05) is 13.3 Å². The van der Waals surface area contributed by atoms with Crippen LogP contribution in [0.25, 0.3) is 0 Å². The molecule has 1 saturated heterocycles. The first kappa shape index (κ1) is 13.1. The van der Waals surface area contributed by atoms with Crippen molar-refractivity contribution in [3.8, 4) is 0 Å². The van der Waals surface area contributed by atoms with Crippen molar-refractivity contribution < 1.29 is 28.9 Å². The van der Waals surface area contributed by atoms with Crippen molar-refractivity contribution in [1.29, 1.82) is 0 Å². The second-order valence-electron chi connectivity index (χ2n) is 3.53. The third-order valence-corrected chi connectivity index (χ3v) is 2.63. The van der Waals surface area contributed by atoms with Crippen molar-refractivity contribution in [3.63, 3.8) is 0 Å². The van der Waals surface area contributed by atoms with E-state index in [1.165, 1.54) is 0 Å². The third-order valence-electron chi connectivity index (χ3n) is 2.01. The zero-order valence-corrected chi connectivity index (χ0v) is 9.42. The van der Waals surface area contributed by atoms with Gasteiger partial charge in [0.2, 0.25) is 0 Å². The molecule has 88 valence electrons. The van der Waals surface area contributed by atoms with Crippen LogP contribution >= 0.6 is 7.60 Å². The highest BCUT2D eigenvalue weighted by atomic mass is 31.2. The smallest absolute Gasteiger partial charge is 0.325 e. The van der Waals surface area contributed by atoms with Gasteiger partial charge in [-0.1, -0.05) is 0 Å². The Morgan fingerprint density at radius 2 is 2.13 bits per heavy atom. The molecule has 1 aliphatic heterocycles. The fourth-order valence-electron chi connectivity index (χ4n) is 1.18. The molecule has 0 amide bonds. The number of hydrogen-bond donors (Lipinski definition) is 4. The van der Waals surface area contributed by atoms with Gasteiger partial charge in [-0.3, -0.25) is 9.88 Å². The van der Waals surface area contributed by atoms with Crippen LogP contribution in [0.1, 0.15) is 0 Å². The molecule has 0 radical (unpaired) electrons. The molecule has 1 fully saturated rings. The summed E-state index contributed by atoms with van der Waals surface area (Å²) < 4.78 is 20.6. The predicted molar refractivity (Wildman–Crippen MR) is 54.1 cm³/mol. The second kappa shape index (κ2) is 4.92. The van der Waals surface area contributed by atoms with E-state index >= 15 is 0 Å². The van der Waals surface area contributed by atoms with E-state index in [1.54, 1.807) is 7.85 Å². The van der Waals surface area contributed by atoms with Gasteiger partial charge >= 0.3 is 7.60 Å². The lowest BCUT2D eigenvalue weighted by atomic mass is 9.96. The minimum Gasteiger partial charge on any atom is -0.377 e. The third kappa shape index (κ3) is 4.20. The Hall–Kier alpha value is 0.0549. The van der Waals surface area contributed by atoms with Crippen LogP contribution in [0.2, 0.25) is 0 Å². The van der Waals surface area contributed by atoms with Crippen LogP contribution in [0, 0.1) is 0 Å². The molecule has 15 heavy (non-hydrogen) atoms. The van der Waals surface area contributed by atoms with Crippen molar-refractivity contribution >= 4 is 15.4 Å². The average molecular weight is 239 g/mol. The molecule has 5 unspecified atom stereocenters. The molecule has 1 rings (SSSR count). The van der Waals surface area contributed by atoms with Gasteiger partial charge in [0.15, 0.2) is 0 Å². The Labute approximate surface area is 88.3 Å². The van der Waals surface area contributed by atoms with Crippen molar-refractivity contribution in [3.05, 3.63) is 0 Å². The van der Waals surface area contributed by atoms with Crippen LogP contribution < -0.4 is 5.32 Å². The summed E-state index contributed by atoms with van der Waals surface area (Å²) >= 11 is 0. The molecule has 9 heteroatoms. The predicted octanol–water partition coefficient (Wildman–Crippen LogP) is -2.60. The van der Waals surface area contributed by atoms with E-state index in [4.69, 9.17) is 9.63 Å². The standard InChI is InChI=1S/C6H15BNO6P/c1-15(11,12)13-2-3-5(9)8-6(10)4(7)14-3/h3-6,8-10H,2,7H2,1H3,(H,11,12). The summed E-state index contributed by atoms with van der Waals surface area (Å²) in [5.41, 5.74) is 0. The first-order chi connectivity index (χ1) is 6.79. The Balaban J connectivity index is 2.45. The summed E-state index contributed by atoms with van der Waals surface area (Å²) in [7, 11) is -1.96. The molecule has 0 aliphatic carbocycles. The van der Waals surface area contributed by atoms with Crippen molar-refractivity contribution in [2.45, 2.75) is 24.6 Å². The van der Waals surface area contributed by atoms with Crippen molar-refractivity contribution in [2.24, 2.45) is 0 Å². The van der Waals surface area contributed by atoms with Gasteiger partial charge in [0, 0.05) is 6.66 Å². The minimum absolute atomic E-state index is 0.213. The normalized spacial score (nSPS) is 41.1. The maximum absolute atomic E-state index is 10.8. The van der Waals surface area contributed by atoms with E-state index in [1.807, 2.05) is 0 Å². The average Bonchev–Trinajstić information content (AvgIpc) is 2.07. The fraction of sp³-hybridized carbons (Fsp3) is 1.00. The van der Waals surface area contributed by atoms with Gasteiger partial charge in [-0.15, -0.1) is 0 Å². The Morgan fingerprint density at radius 3 is 2.67 bits per heavy atom. The van der Waals surface area contributed by atoms with Crippen LogP contribution in [-0.4, -0.2) is 60.8 Å². The largest absolute Gasteiger partial charge is 0.377 e. The van der Waals surface area contributed by atoms with Crippen LogP contribution in [0.5, 0.6) is 0 Å². The highest BCUT2D eigenvalue weighted by Gasteiger charge is 2.34. The monoisotopic (exact) mass is 239 g/mol. The molecule has 7 nitrogen and oxygen atoms in total. The highest BCUT2D eigenvalue weighted by Crippen LogP contribution is 2.36. The van der Waals surface area contributed by atoms with Crippen LogP contribution in [0.15, 0.2) is 0 Å². The number of rotatable bonds is 3. The lowest BCUT2D eigenvalue weighted by molar-refractivity contribution is -0.170. The topological polar surface area (TPSA) is 108 Å². The van der Waals surface area contributed by atoms with E-state index in [0.29, 0.717) is 0 Å². The summed E-state index contributed by atoms with van der Waals surface area (Å²) in [6.07, 6.45) is -2.86. The van der Waals surface area contributed by atoms with E-state index in [9.17, 15) is 14.8 Å². The maximum Gasteiger partial charge on any atom is 0.325 e.